The summed E-state index contributed by atoms with van der Waals surface area (Å²) in [6, 6.07) is 0.252. The van der Waals surface area contributed by atoms with Gasteiger partial charge in [-0.3, -0.25) is 9.79 Å². The van der Waals surface area contributed by atoms with Crippen LogP contribution in [0.25, 0.3) is 0 Å². The number of hydrogen-bond donors (Lipinski definition) is 3. The van der Waals surface area contributed by atoms with Crippen molar-refractivity contribution in [3.8, 4) is 0 Å². The van der Waals surface area contributed by atoms with E-state index < -0.39 is 0 Å². The third kappa shape index (κ3) is 9.39. The van der Waals surface area contributed by atoms with E-state index in [-0.39, 0.29) is 48.5 Å². The zero-order chi connectivity index (χ0) is 18.8. The maximum absolute atomic E-state index is 12.1. The van der Waals surface area contributed by atoms with E-state index in [1.165, 1.54) is 0 Å². The van der Waals surface area contributed by atoms with Gasteiger partial charge < -0.3 is 20.6 Å². The summed E-state index contributed by atoms with van der Waals surface area (Å²) in [6.07, 6.45) is 2.82. The van der Waals surface area contributed by atoms with Gasteiger partial charge in [-0.05, 0) is 38.0 Å². The van der Waals surface area contributed by atoms with Crippen molar-refractivity contribution in [3.63, 3.8) is 0 Å². The topological polar surface area (TPSA) is 77.0 Å². The van der Waals surface area contributed by atoms with Crippen molar-refractivity contribution in [1.29, 1.82) is 0 Å². The lowest BCUT2D eigenvalue weighted by molar-refractivity contribution is -0.133. The zero-order valence-corrected chi connectivity index (χ0v) is 19.5. The number of carbonyl (C=O) groups excluding carboxylic acids is 1. The van der Waals surface area contributed by atoms with Gasteiger partial charge in [-0.2, -0.15) is 0 Å². The molecule has 0 spiro atoms. The van der Waals surface area contributed by atoms with E-state index in [1.54, 1.807) is 0 Å². The Morgan fingerprint density at radius 2 is 2.00 bits per heavy atom. The Bertz CT molecular complexity index is 430. The van der Waals surface area contributed by atoms with Crippen molar-refractivity contribution < 1.29 is 9.90 Å². The van der Waals surface area contributed by atoms with Gasteiger partial charge in [-0.25, -0.2) is 0 Å². The molecule has 2 unspecified atom stereocenters. The average molecular weight is 482 g/mol. The molecular formula is C19H39IN4O2. The number of rotatable bonds is 9. The Hall–Kier alpha value is -0.570. The van der Waals surface area contributed by atoms with Gasteiger partial charge >= 0.3 is 0 Å². The van der Waals surface area contributed by atoms with Crippen LogP contribution in [0, 0.1) is 17.8 Å². The number of aliphatic hydroxyl groups is 1. The highest BCUT2D eigenvalue weighted by molar-refractivity contribution is 14.0. The Kier molecular flexibility index (Phi) is 13.3. The lowest BCUT2D eigenvalue weighted by atomic mass is 9.94. The fraction of sp³-hybridized carbons (Fsp3) is 0.895. The molecule has 1 amide bonds. The van der Waals surface area contributed by atoms with Crippen LogP contribution < -0.4 is 10.6 Å². The summed E-state index contributed by atoms with van der Waals surface area (Å²) in [6.45, 7) is 13.7. The van der Waals surface area contributed by atoms with Crippen LogP contribution in [-0.2, 0) is 4.79 Å². The third-order valence-corrected chi connectivity index (χ3v) is 4.53. The predicted octanol–water partition coefficient (Wildman–Crippen LogP) is 2.46. The minimum absolute atomic E-state index is 0. The van der Waals surface area contributed by atoms with Crippen LogP contribution in [-0.4, -0.2) is 60.7 Å². The standard InChI is InChI=1S/C19H38N4O2.HI/c1-6-20-19(21-12-16(8-10-24)11-14(2)3)22-17-7-9-23(13-17)18(25)15(4)5;/h14-17,24H,6-13H2,1-5H3,(H2,20,21,22);1H. The van der Waals surface area contributed by atoms with E-state index in [9.17, 15) is 9.90 Å². The first-order chi connectivity index (χ1) is 11.9. The molecule has 0 radical (unpaired) electrons. The van der Waals surface area contributed by atoms with Crippen molar-refractivity contribution in [2.75, 3.05) is 32.8 Å². The zero-order valence-electron chi connectivity index (χ0n) is 17.1. The Labute approximate surface area is 176 Å². The number of aliphatic imine (C=N–C) groups is 1. The molecule has 1 saturated heterocycles. The highest BCUT2D eigenvalue weighted by atomic mass is 127. The van der Waals surface area contributed by atoms with Gasteiger partial charge in [0.2, 0.25) is 5.91 Å². The fourth-order valence-electron chi connectivity index (χ4n) is 3.31. The number of amides is 1. The van der Waals surface area contributed by atoms with E-state index in [0.29, 0.717) is 11.8 Å². The minimum Gasteiger partial charge on any atom is -0.396 e. The molecule has 7 heteroatoms. The van der Waals surface area contributed by atoms with E-state index in [4.69, 9.17) is 4.99 Å². The van der Waals surface area contributed by atoms with E-state index in [0.717, 1.165) is 51.4 Å². The highest BCUT2D eigenvalue weighted by Crippen LogP contribution is 2.16. The van der Waals surface area contributed by atoms with Crippen molar-refractivity contribution in [3.05, 3.63) is 0 Å². The number of nitrogens with one attached hydrogen (secondary N) is 2. The van der Waals surface area contributed by atoms with E-state index in [1.807, 2.05) is 18.7 Å². The molecule has 1 aliphatic heterocycles. The van der Waals surface area contributed by atoms with Gasteiger partial charge in [0, 0.05) is 44.7 Å². The first kappa shape index (κ1) is 25.4. The SMILES string of the molecule is CCNC(=NCC(CCO)CC(C)C)NC1CCN(C(=O)C(C)C)C1.I. The number of nitrogens with zero attached hydrogens (tertiary/aromatic N) is 2. The molecule has 3 N–H and O–H groups in total. The van der Waals surface area contributed by atoms with Gasteiger partial charge in [0.1, 0.15) is 0 Å². The number of likely N-dealkylation sites (tertiary alicyclic amines) is 1. The van der Waals surface area contributed by atoms with E-state index >= 15 is 0 Å². The van der Waals surface area contributed by atoms with Crippen LogP contribution in [0.5, 0.6) is 0 Å². The largest absolute Gasteiger partial charge is 0.396 e. The first-order valence-electron chi connectivity index (χ1n) is 9.81. The van der Waals surface area contributed by atoms with Crippen LogP contribution in [0.4, 0.5) is 0 Å². The lowest BCUT2D eigenvalue weighted by Gasteiger charge is -2.21. The van der Waals surface area contributed by atoms with Gasteiger partial charge in [-0.15, -0.1) is 24.0 Å². The summed E-state index contributed by atoms with van der Waals surface area (Å²) in [5, 5.41) is 16.0. The summed E-state index contributed by atoms with van der Waals surface area (Å²) in [5.74, 6) is 2.11. The molecule has 1 heterocycles. The van der Waals surface area contributed by atoms with Crippen molar-refractivity contribution >= 4 is 35.8 Å². The summed E-state index contributed by atoms with van der Waals surface area (Å²) < 4.78 is 0. The summed E-state index contributed by atoms with van der Waals surface area (Å²) in [4.78, 5) is 18.8. The third-order valence-electron chi connectivity index (χ3n) is 4.53. The molecule has 0 saturated carbocycles. The van der Waals surface area contributed by atoms with Crippen LogP contribution in [0.3, 0.4) is 0 Å². The molecular weight excluding hydrogens is 443 g/mol. The molecule has 2 atom stereocenters. The number of aliphatic hydroxyl groups excluding tert-OH is 1. The molecule has 1 aliphatic rings. The molecule has 0 aliphatic carbocycles. The molecule has 6 nitrogen and oxygen atoms in total. The molecule has 154 valence electrons. The number of halogens is 1. The van der Waals surface area contributed by atoms with Gasteiger partial charge in [0.15, 0.2) is 5.96 Å². The van der Waals surface area contributed by atoms with Gasteiger partial charge in [0.05, 0.1) is 0 Å². The highest BCUT2D eigenvalue weighted by Gasteiger charge is 2.28. The van der Waals surface area contributed by atoms with Crippen LogP contribution in [0.2, 0.25) is 0 Å². The lowest BCUT2D eigenvalue weighted by Crippen LogP contribution is -2.45. The molecule has 26 heavy (non-hydrogen) atoms. The predicted molar refractivity (Wildman–Crippen MR) is 119 cm³/mol. The Morgan fingerprint density at radius 3 is 2.54 bits per heavy atom. The van der Waals surface area contributed by atoms with E-state index in [2.05, 4.69) is 31.4 Å². The van der Waals surface area contributed by atoms with Crippen LogP contribution >= 0.6 is 24.0 Å². The second-order valence-corrected chi connectivity index (χ2v) is 7.80. The second kappa shape index (κ2) is 13.6. The van der Waals surface area contributed by atoms with Crippen molar-refractivity contribution in [1.82, 2.24) is 15.5 Å². The minimum atomic E-state index is 0. The molecule has 0 aromatic heterocycles. The quantitative estimate of drug-likeness (QED) is 0.268. The van der Waals surface area contributed by atoms with Crippen molar-refractivity contribution in [2.45, 2.75) is 59.9 Å². The van der Waals surface area contributed by atoms with Crippen molar-refractivity contribution in [2.24, 2.45) is 22.7 Å². The van der Waals surface area contributed by atoms with Gasteiger partial charge in [0.25, 0.3) is 0 Å². The number of guanidine groups is 1. The second-order valence-electron chi connectivity index (χ2n) is 7.80. The normalized spacial score (nSPS) is 18.8. The Morgan fingerprint density at radius 1 is 1.31 bits per heavy atom. The summed E-state index contributed by atoms with van der Waals surface area (Å²) in [5.41, 5.74) is 0. The summed E-state index contributed by atoms with van der Waals surface area (Å²) >= 11 is 0. The average Bonchev–Trinajstić information content (AvgIpc) is 2.99. The van der Waals surface area contributed by atoms with Crippen LogP contribution in [0.1, 0.15) is 53.9 Å². The fourth-order valence-corrected chi connectivity index (χ4v) is 3.31. The first-order valence-corrected chi connectivity index (χ1v) is 9.81. The van der Waals surface area contributed by atoms with Crippen LogP contribution in [0.15, 0.2) is 4.99 Å². The monoisotopic (exact) mass is 482 g/mol. The number of carbonyl (C=O) groups is 1. The maximum Gasteiger partial charge on any atom is 0.225 e. The molecule has 0 aromatic rings. The Balaban J connectivity index is 0.00000625. The maximum atomic E-state index is 12.1. The van der Waals surface area contributed by atoms with Gasteiger partial charge in [-0.1, -0.05) is 27.7 Å². The molecule has 0 bridgehead atoms. The molecule has 1 rings (SSSR count). The number of hydrogen-bond acceptors (Lipinski definition) is 3. The summed E-state index contributed by atoms with van der Waals surface area (Å²) in [7, 11) is 0. The smallest absolute Gasteiger partial charge is 0.225 e. The molecule has 0 aromatic carbocycles. The molecule has 1 fully saturated rings.